The lowest BCUT2D eigenvalue weighted by molar-refractivity contribution is -0.109. The number of hydrogen-bond donors (Lipinski definition) is 2. The minimum absolute atomic E-state index is 0.100. The van der Waals surface area contributed by atoms with Crippen LogP contribution in [0.25, 0.3) is 0 Å². The van der Waals surface area contributed by atoms with Gasteiger partial charge in [-0.2, -0.15) is 0 Å². The molecule has 0 aromatic heterocycles. The van der Waals surface area contributed by atoms with E-state index in [1.807, 2.05) is 13.8 Å². The van der Waals surface area contributed by atoms with Crippen LogP contribution in [0.3, 0.4) is 0 Å². The second-order valence-corrected chi connectivity index (χ2v) is 10.1. The van der Waals surface area contributed by atoms with E-state index in [2.05, 4.69) is 15.7 Å². The van der Waals surface area contributed by atoms with Crippen molar-refractivity contribution in [3.05, 3.63) is 53.1 Å². The maximum absolute atomic E-state index is 12.4. The van der Waals surface area contributed by atoms with Gasteiger partial charge in [-0.25, -0.2) is 13.1 Å². The molecular weight excluding hydrogens is 388 g/mol. The van der Waals surface area contributed by atoms with Crippen molar-refractivity contribution < 1.29 is 18.3 Å². The molecule has 2 heterocycles. The van der Waals surface area contributed by atoms with Gasteiger partial charge in [0.1, 0.15) is 5.75 Å². The molecule has 0 amide bonds. The Hall–Kier alpha value is -2.09. The molecule has 0 saturated carbocycles. The summed E-state index contributed by atoms with van der Waals surface area (Å²) < 4.78 is 33.0. The lowest BCUT2D eigenvalue weighted by atomic mass is 9.74. The van der Waals surface area contributed by atoms with E-state index in [1.165, 1.54) is 5.56 Å². The molecule has 6 nitrogen and oxygen atoms in total. The van der Waals surface area contributed by atoms with Gasteiger partial charge in [-0.05, 0) is 61.6 Å². The lowest BCUT2D eigenvalue weighted by Gasteiger charge is -2.50. The Labute approximate surface area is 172 Å². The van der Waals surface area contributed by atoms with Crippen molar-refractivity contribution in [2.75, 3.05) is 37.7 Å². The van der Waals surface area contributed by atoms with Crippen LogP contribution in [0, 0.1) is 19.3 Å². The molecule has 2 N–H and O–H groups in total. The van der Waals surface area contributed by atoms with Crippen LogP contribution in [0.1, 0.15) is 23.1 Å². The van der Waals surface area contributed by atoms with Crippen LogP contribution >= 0.6 is 0 Å². The van der Waals surface area contributed by atoms with Crippen molar-refractivity contribution in [3.63, 3.8) is 0 Å². The number of benzene rings is 2. The van der Waals surface area contributed by atoms with Crippen LogP contribution in [0.15, 0.2) is 41.3 Å². The number of phenols is 1. The third-order valence-electron chi connectivity index (χ3n) is 6.03. The van der Waals surface area contributed by atoms with Crippen molar-refractivity contribution >= 4 is 15.7 Å². The van der Waals surface area contributed by atoms with Crippen LogP contribution in [0.2, 0.25) is 0 Å². The fraction of sp³-hybridized carbons (Fsp3) is 0.455. The third kappa shape index (κ3) is 3.86. The van der Waals surface area contributed by atoms with E-state index in [4.69, 9.17) is 4.74 Å². The van der Waals surface area contributed by atoms with E-state index < -0.39 is 10.0 Å². The highest BCUT2D eigenvalue weighted by Gasteiger charge is 2.44. The van der Waals surface area contributed by atoms with Crippen molar-refractivity contribution in [1.29, 1.82) is 0 Å². The zero-order valence-electron chi connectivity index (χ0n) is 16.9. The van der Waals surface area contributed by atoms with Crippen LogP contribution < -0.4 is 9.62 Å². The number of ether oxygens (including phenoxy) is 1. The van der Waals surface area contributed by atoms with Gasteiger partial charge in [0.25, 0.3) is 0 Å². The summed E-state index contributed by atoms with van der Waals surface area (Å²) in [6.07, 6.45) is 1.61. The zero-order chi connectivity index (χ0) is 20.6. The maximum atomic E-state index is 12.4. The predicted molar refractivity (Wildman–Crippen MR) is 113 cm³/mol. The number of aromatic hydroxyl groups is 1. The largest absolute Gasteiger partial charge is 0.507 e. The first-order valence-corrected chi connectivity index (χ1v) is 11.5. The Morgan fingerprint density at radius 2 is 1.93 bits per heavy atom. The van der Waals surface area contributed by atoms with Gasteiger partial charge in [-0.15, -0.1) is 0 Å². The minimum Gasteiger partial charge on any atom is -0.507 e. The SMILES string of the molecule is Cc1cc2c(c(C)c1O)CC1(COC1)CN2CCCNS(=O)(=O)c1ccccc1. The van der Waals surface area contributed by atoms with E-state index in [0.29, 0.717) is 18.7 Å². The number of nitrogens with one attached hydrogen (secondary N) is 1. The van der Waals surface area contributed by atoms with Gasteiger partial charge >= 0.3 is 0 Å². The summed E-state index contributed by atoms with van der Waals surface area (Å²) in [4.78, 5) is 2.62. The summed E-state index contributed by atoms with van der Waals surface area (Å²) in [5.41, 5.74) is 4.26. The summed E-state index contributed by atoms with van der Waals surface area (Å²) in [6.45, 7) is 7.39. The van der Waals surface area contributed by atoms with E-state index >= 15 is 0 Å². The second kappa shape index (κ2) is 7.63. The van der Waals surface area contributed by atoms with E-state index in [0.717, 1.165) is 49.5 Å². The average Bonchev–Trinajstić information content (AvgIpc) is 2.69. The Bertz CT molecular complexity index is 1000. The number of aryl methyl sites for hydroxylation is 1. The first-order chi connectivity index (χ1) is 13.8. The summed E-state index contributed by atoms with van der Waals surface area (Å²) in [6, 6.07) is 10.5. The van der Waals surface area contributed by atoms with E-state index in [-0.39, 0.29) is 10.3 Å². The number of sulfonamides is 1. The van der Waals surface area contributed by atoms with Crippen molar-refractivity contribution in [1.82, 2.24) is 4.72 Å². The van der Waals surface area contributed by atoms with Gasteiger partial charge in [0.15, 0.2) is 0 Å². The molecule has 4 rings (SSSR count). The lowest BCUT2D eigenvalue weighted by Crippen LogP contribution is -2.55. The molecule has 7 heteroatoms. The maximum Gasteiger partial charge on any atom is 0.240 e. The highest BCUT2D eigenvalue weighted by Crippen LogP contribution is 2.45. The molecule has 0 bridgehead atoms. The number of phenolic OH excluding ortho intramolecular Hbond substituents is 1. The Kier molecular flexibility index (Phi) is 5.31. The van der Waals surface area contributed by atoms with Crippen LogP contribution in [0.5, 0.6) is 5.75 Å². The molecule has 1 spiro atoms. The van der Waals surface area contributed by atoms with Gasteiger partial charge in [0.2, 0.25) is 10.0 Å². The molecule has 0 unspecified atom stereocenters. The average molecular weight is 417 g/mol. The van der Waals surface area contributed by atoms with Crippen molar-refractivity contribution in [2.45, 2.75) is 31.6 Å². The van der Waals surface area contributed by atoms with Crippen molar-refractivity contribution in [2.24, 2.45) is 5.41 Å². The van der Waals surface area contributed by atoms with Gasteiger partial charge in [-0.3, -0.25) is 0 Å². The number of rotatable bonds is 6. The van der Waals surface area contributed by atoms with Gasteiger partial charge in [-0.1, -0.05) is 18.2 Å². The summed E-state index contributed by atoms with van der Waals surface area (Å²) >= 11 is 0. The highest BCUT2D eigenvalue weighted by atomic mass is 32.2. The Morgan fingerprint density at radius 3 is 2.59 bits per heavy atom. The molecule has 2 aliphatic heterocycles. The molecule has 29 heavy (non-hydrogen) atoms. The van der Waals surface area contributed by atoms with E-state index in [9.17, 15) is 13.5 Å². The minimum atomic E-state index is -3.48. The molecule has 156 valence electrons. The third-order valence-corrected chi connectivity index (χ3v) is 7.51. The van der Waals surface area contributed by atoms with E-state index in [1.54, 1.807) is 30.3 Å². The first-order valence-electron chi connectivity index (χ1n) is 10.0. The number of hydrogen-bond acceptors (Lipinski definition) is 5. The first kappa shape index (κ1) is 20.2. The molecule has 0 atom stereocenters. The molecule has 2 aromatic rings. The molecule has 1 saturated heterocycles. The predicted octanol–water partition coefficient (Wildman–Crippen LogP) is 2.76. The van der Waals surface area contributed by atoms with Crippen molar-refractivity contribution in [3.8, 4) is 5.75 Å². The smallest absolute Gasteiger partial charge is 0.240 e. The van der Waals surface area contributed by atoms with Gasteiger partial charge in [0.05, 0.1) is 18.1 Å². The Morgan fingerprint density at radius 1 is 1.21 bits per heavy atom. The fourth-order valence-electron chi connectivity index (χ4n) is 4.36. The quantitative estimate of drug-likeness (QED) is 0.708. The fourth-order valence-corrected chi connectivity index (χ4v) is 5.46. The topological polar surface area (TPSA) is 78.9 Å². The summed E-state index contributed by atoms with van der Waals surface area (Å²) in [7, 11) is -3.48. The van der Waals surface area contributed by atoms with Crippen LogP contribution in [-0.2, 0) is 21.2 Å². The molecule has 2 aromatic carbocycles. The molecular formula is C22H28N2O4S. The molecule has 0 radical (unpaired) electrons. The monoisotopic (exact) mass is 416 g/mol. The molecule has 1 fully saturated rings. The van der Waals surface area contributed by atoms with Crippen LogP contribution in [-0.4, -0.2) is 46.4 Å². The standard InChI is InChI=1S/C22H28N2O4S/c1-16-11-20-19(17(2)21(16)25)12-22(14-28-15-22)13-24(20)10-6-9-23-29(26,27)18-7-4-3-5-8-18/h3-5,7-8,11,23,25H,6,9-10,12-15H2,1-2H3. The highest BCUT2D eigenvalue weighted by molar-refractivity contribution is 7.89. The molecule has 2 aliphatic rings. The summed E-state index contributed by atoms with van der Waals surface area (Å²) in [5, 5.41) is 10.4. The second-order valence-electron chi connectivity index (χ2n) is 8.32. The number of anilines is 1. The van der Waals surface area contributed by atoms with Gasteiger partial charge in [0, 0.05) is 30.7 Å². The van der Waals surface area contributed by atoms with Gasteiger partial charge < -0.3 is 14.7 Å². The zero-order valence-corrected chi connectivity index (χ0v) is 17.8. The normalized spacial score (nSPS) is 17.8. The molecule has 0 aliphatic carbocycles. The summed E-state index contributed by atoms with van der Waals surface area (Å²) in [5.74, 6) is 0.372. The number of fused-ring (bicyclic) bond motifs is 1. The number of nitrogens with zero attached hydrogens (tertiary/aromatic N) is 1. The Balaban J connectivity index is 1.46. The van der Waals surface area contributed by atoms with Crippen LogP contribution in [0.4, 0.5) is 5.69 Å².